The Morgan fingerprint density at radius 2 is 1.76 bits per heavy atom. The van der Waals surface area contributed by atoms with E-state index < -0.39 is 11.6 Å². The average molecular weight is 479 g/mol. The molecule has 6 nitrogen and oxygen atoms in total. The molecule has 4 rings (SSSR count). The number of benzene rings is 2. The van der Waals surface area contributed by atoms with Crippen LogP contribution in [0.25, 0.3) is 11.1 Å². The van der Waals surface area contributed by atoms with Crippen LogP contribution < -0.4 is 10.2 Å². The predicted octanol–water partition coefficient (Wildman–Crippen LogP) is 5.77. The molecular formula is C27H30N2O4S. The summed E-state index contributed by atoms with van der Waals surface area (Å²) in [6.07, 6.45) is 0. The van der Waals surface area contributed by atoms with E-state index >= 15 is 0 Å². The van der Waals surface area contributed by atoms with Crippen LogP contribution in [-0.2, 0) is 9.47 Å². The molecule has 0 aliphatic carbocycles. The molecule has 0 bridgehead atoms. The minimum Gasteiger partial charge on any atom is -0.456 e. The maximum Gasteiger partial charge on any atom is 0.340 e. The quantitative estimate of drug-likeness (QED) is 0.472. The van der Waals surface area contributed by atoms with Gasteiger partial charge in [0.1, 0.15) is 5.60 Å². The van der Waals surface area contributed by atoms with E-state index in [4.69, 9.17) is 9.47 Å². The number of carbonyl (C=O) groups is 2. The van der Waals surface area contributed by atoms with Crippen molar-refractivity contribution in [2.45, 2.75) is 33.3 Å². The van der Waals surface area contributed by atoms with E-state index in [9.17, 15) is 9.59 Å². The van der Waals surface area contributed by atoms with E-state index in [0.717, 1.165) is 35.5 Å². The van der Waals surface area contributed by atoms with Crippen molar-refractivity contribution in [3.05, 3.63) is 69.9 Å². The van der Waals surface area contributed by atoms with E-state index in [2.05, 4.69) is 10.2 Å². The largest absolute Gasteiger partial charge is 0.456 e. The minimum atomic E-state index is -0.645. The van der Waals surface area contributed by atoms with Gasteiger partial charge in [-0.2, -0.15) is 11.3 Å². The SMILES string of the molecule is Cc1ccc(N2CCOCC2)cc1C(=O)Nc1cc(-c2ccsc2)ccc1C(=O)OC(C)(C)C. The number of rotatable bonds is 5. The highest BCUT2D eigenvalue weighted by Crippen LogP contribution is 2.30. The fourth-order valence-corrected chi connectivity index (χ4v) is 4.49. The normalized spacial score (nSPS) is 14.1. The van der Waals surface area contributed by atoms with Gasteiger partial charge in [-0.25, -0.2) is 4.79 Å². The summed E-state index contributed by atoms with van der Waals surface area (Å²) in [7, 11) is 0. The first-order valence-electron chi connectivity index (χ1n) is 11.4. The van der Waals surface area contributed by atoms with Crippen molar-refractivity contribution >= 4 is 34.6 Å². The number of esters is 1. The molecule has 2 heterocycles. The molecule has 2 aromatic carbocycles. The summed E-state index contributed by atoms with van der Waals surface area (Å²) in [5.74, 6) is -0.738. The van der Waals surface area contributed by atoms with Crippen molar-refractivity contribution in [2.24, 2.45) is 0 Å². The summed E-state index contributed by atoms with van der Waals surface area (Å²) in [6, 6.07) is 13.3. The molecule has 1 aliphatic heterocycles. The number of thiophene rings is 1. The summed E-state index contributed by atoms with van der Waals surface area (Å²) in [4.78, 5) is 28.6. The van der Waals surface area contributed by atoms with Crippen LogP contribution in [0.4, 0.5) is 11.4 Å². The van der Waals surface area contributed by atoms with Crippen molar-refractivity contribution in [1.82, 2.24) is 0 Å². The van der Waals surface area contributed by atoms with Gasteiger partial charge >= 0.3 is 5.97 Å². The smallest absolute Gasteiger partial charge is 0.340 e. The Kier molecular flexibility index (Phi) is 7.05. The fraction of sp³-hybridized carbons (Fsp3) is 0.333. The second-order valence-corrected chi connectivity index (χ2v) is 10.1. The lowest BCUT2D eigenvalue weighted by atomic mass is 10.0. The first kappa shape index (κ1) is 24.0. The number of carbonyl (C=O) groups excluding carboxylic acids is 2. The van der Waals surface area contributed by atoms with Gasteiger partial charge in [-0.05, 0) is 85.5 Å². The summed E-state index contributed by atoms with van der Waals surface area (Å²) < 4.78 is 11.0. The van der Waals surface area contributed by atoms with Crippen LogP contribution in [0.2, 0.25) is 0 Å². The molecule has 0 atom stereocenters. The molecule has 0 unspecified atom stereocenters. The first-order chi connectivity index (χ1) is 16.2. The summed E-state index contributed by atoms with van der Waals surface area (Å²) in [6.45, 7) is 10.3. The van der Waals surface area contributed by atoms with Crippen molar-refractivity contribution < 1.29 is 19.1 Å². The van der Waals surface area contributed by atoms with Crippen LogP contribution in [0, 0.1) is 6.92 Å². The van der Waals surface area contributed by atoms with Crippen molar-refractivity contribution in [2.75, 3.05) is 36.5 Å². The topological polar surface area (TPSA) is 67.9 Å². The monoisotopic (exact) mass is 478 g/mol. The maximum atomic E-state index is 13.4. The zero-order valence-corrected chi connectivity index (χ0v) is 20.8. The molecule has 1 saturated heterocycles. The number of nitrogens with one attached hydrogen (secondary N) is 1. The Balaban J connectivity index is 1.67. The number of anilines is 2. The molecule has 0 radical (unpaired) electrons. The van der Waals surface area contributed by atoms with E-state index in [1.54, 1.807) is 17.4 Å². The maximum absolute atomic E-state index is 13.4. The molecule has 7 heteroatoms. The highest BCUT2D eigenvalue weighted by Gasteiger charge is 2.23. The summed E-state index contributed by atoms with van der Waals surface area (Å²) in [5.41, 5.74) is 4.47. The average Bonchev–Trinajstić information content (AvgIpc) is 3.34. The summed E-state index contributed by atoms with van der Waals surface area (Å²) >= 11 is 1.59. The number of amides is 1. The lowest BCUT2D eigenvalue weighted by Crippen LogP contribution is -2.36. The Bertz CT molecular complexity index is 1180. The van der Waals surface area contributed by atoms with Crippen LogP contribution in [0.15, 0.2) is 53.2 Å². The number of hydrogen-bond donors (Lipinski definition) is 1. The molecular weight excluding hydrogens is 448 g/mol. The molecule has 1 aromatic heterocycles. The second-order valence-electron chi connectivity index (χ2n) is 9.33. The lowest BCUT2D eigenvalue weighted by Gasteiger charge is -2.29. The van der Waals surface area contributed by atoms with E-state index in [1.165, 1.54) is 0 Å². The van der Waals surface area contributed by atoms with Crippen molar-refractivity contribution in [1.29, 1.82) is 0 Å². The van der Waals surface area contributed by atoms with E-state index in [0.29, 0.717) is 30.0 Å². The third-order valence-electron chi connectivity index (χ3n) is 5.58. The highest BCUT2D eigenvalue weighted by molar-refractivity contribution is 7.08. The van der Waals surface area contributed by atoms with Crippen LogP contribution in [0.3, 0.4) is 0 Å². The molecule has 0 saturated carbocycles. The standard InChI is InChI=1S/C27H30N2O4S/c1-18-5-7-21(29-10-12-32-13-11-29)16-23(18)25(30)28-24-15-19(20-9-14-34-17-20)6-8-22(24)26(31)33-27(2,3)4/h5-9,14-17H,10-13H2,1-4H3,(H,28,30). The van der Waals surface area contributed by atoms with E-state index in [1.807, 2.05) is 74.9 Å². The van der Waals surface area contributed by atoms with E-state index in [-0.39, 0.29) is 5.91 Å². The molecule has 1 N–H and O–H groups in total. The molecule has 1 amide bonds. The van der Waals surface area contributed by atoms with Gasteiger partial charge in [0, 0.05) is 24.3 Å². The molecule has 0 spiro atoms. The zero-order chi connectivity index (χ0) is 24.3. The Morgan fingerprint density at radius 1 is 1.00 bits per heavy atom. The molecule has 178 valence electrons. The number of aryl methyl sites for hydroxylation is 1. The van der Waals surface area contributed by atoms with Crippen LogP contribution in [-0.4, -0.2) is 43.8 Å². The van der Waals surface area contributed by atoms with Gasteiger partial charge in [-0.3, -0.25) is 4.79 Å². The van der Waals surface area contributed by atoms with Crippen molar-refractivity contribution in [3.8, 4) is 11.1 Å². The van der Waals surface area contributed by atoms with Gasteiger partial charge < -0.3 is 19.7 Å². The number of morpholine rings is 1. The molecule has 1 aliphatic rings. The van der Waals surface area contributed by atoms with Crippen LogP contribution in [0.1, 0.15) is 47.1 Å². The number of nitrogens with zero attached hydrogens (tertiary/aromatic N) is 1. The van der Waals surface area contributed by atoms with Gasteiger partial charge in [0.05, 0.1) is 24.5 Å². The number of hydrogen-bond acceptors (Lipinski definition) is 6. The van der Waals surface area contributed by atoms with Gasteiger partial charge in [-0.1, -0.05) is 12.1 Å². The summed E-state index contributed by atoms with van der Waals surface area (Å²) in [5, 5.41) is 7.01. The molecule has 34 heavy (non-hydrogen) atoms. The Labute approximate surface area is 204 Å². The van der Waals surface area contributed by atoms with Crippen molar-refractivity contribution in [3.63, 3.8) is 0 Å². The lowest BCUT2D eigenvalue weighted by molar-refractivity contribution is 0.00708. The van der Waals surface area contributed by atoms with Gasteiger partial charge in [0.25, 0.3) is 5.91 Å². The molecule has 1 fully saturated rings. The van der Waals surface area contributed by atoms with Gasteiger partial charge in [0.2, 0.25) is 0 Å². The number of ether oxygens (including phenoxy) is 2. The van der Waals surface area contributed by atoms with Crippen LogP contribution in [0.5, 0.6) is 0 Å². The Morgan fingerprint density at radius 3 is 2.44 bits per heavy atom. The molecule has 3 aromatic rings. The Hall–Kier alpha value is -3.16. The highest BCUT2D eigenvalue weighted by atomic mass is 32.1. The third-order valence-corrected chi connectivity index (χ3v) is 6.27. The second kappa shape index (κ2) is 9.99. The van der Waals surface area contributed by atoms with Gasteiger partial charge in [0.15, 0.2) is 0 Å². The zero-order valence-electron chi connectivity index (χ0n) is 20.0. The third kappa shape index (κ3) is 5.66. The predicted molar refractivity (Wildman–Crippen MR) is 137 cm³/mol. The van der Waals surface area contributed by atoms with Gasteiger partial charge in [-0.15, -0.1) is 0 Å². The van der Waals surface area contributed by atoms with Crippen LogP contribution >= 0.6 is 11.3 Å². The first-order valence-corrected chi connectivity index (χ1v) is 12.3. The minimum absolute atomic E-state index is 0.264. The fourth-order valence-electron chi connectivity index (χ4n) is 3.83.